The van der Waals surface area contributed by atoms with Crippen molar-refractivity contribution in [2.75, 3.05) is 24.2 Å². The number of amides is 2. The van der Waals surface area contributed by atoms with Gasteiger partial charge in [0, 0.05) is 17.7 Å². The molecule has 2 amide bonds. The number of carbonyl (C=O) groups excluding carboxylic acids is 2. The molecule has 2 rings (SSSR count). The molecule has 18 heavy (non-hydrogen) atoms. The summed E-state index contributed by atoms with van der Waals surface area (Å²) in [4.78, 5) is 29.0. The van der Waals surface area contributed by atoms with Gasteiger partial charge in [-0.05, 0) is 5.92 Å². The predicted molar refractivity (Wildman–Crippen MR) is 74.3 cm³/mol. The molecule has 0 radical (unpaired) electrons. The molecule has 1 aromatic rings. The molecule has 1 aliphatic heterocycles. The Labute approximate surface area is 114 Å². The second kappa shape index (κ2) is 5.71. The van der Waals surface area contributed by atoms with E-state index < -0.39 is 0 Å². The van der Waals surface area contributed by atoms with E-state index in [0.717, 1.165) is 11.4 Å². The second-order valence-electron chi connectivity index (χ2n) is 4.32. The van der Waals surface area contributed by atoms with Gasteiger partial charge >= 0.3 is 0 Å². The minimum absolute atomic E-state index is 0.0211. The first-order chi connectivity index (χ1) is 8.56. The van der Waals surface area contributed by atoms with Crippen LogP contribution in [0.4, 0.5) is 9.93 Å². The molecule has 1 fully saturated rings. The van der Waals surface area contributed by atoms with Gasteiger partial charge in [-0.2, -0.15) is 0 Å². The van der Waals surface area contributed by atoms with Gasteiger partial charge in [0.15, 0.2) is 5.13 Å². The van der Waals surface area contributed by atoms with Crippen LogP contribution in [0.2, 0.25) is 0 Å². The van der Waals surface area contributed by atoms with Crippen molar-refractivity contribution in [2.45, 2.75) is 19.8 Å². The molecule has 0 bridgehead atoms. The maximum absolute atomic E-state index is 11.7. The molecule has 7 heteroatoms. The van der Waals surface area contributed by atoms with E-state index in [-0.39, 0.29) is 17.7 Å². The van der Waals surface area contributed by atoms with Crippen molar-refractivity contribution in [3.05, 3.63) is 11.1 Å². The second-order valence-corrected chi connectivity index (χ2v) is 6.22. The van der Waals surface area contributed by atoms with Crippen molar-refractivity contribution in [3.8, 4) is 0 Å². The van der Waals surface area contributed by atoms with Crippen LogP contribution in [0.1, 0.15) is 25.5 Å². The molecule has 0 spiro atoms. The third-order valence-corrected chi connectivity index (χ3v) is 4.21. The fourth-order valence-electron chi connectivity index (χ4n) is 1.51. The van der Waals surface area contributed by atoms with E-state index in [1.165, 1.54) is 23.1 Å². The zero-order valence-corrected chi connectivity index (χ0v) is 11.9. The maximum atomic E-state index is 11.7. The minimum Gasteiger partial charge on any atom is -0.323 e. The van der Waals surface area contributed by atoms with E-state index in [1.54, 1.807) is 4.90 Å². The lowest BCUT2D eigenvalue weighted by atomic mass is 10.2. The summed E-state index contributed by atoms with van der Waals surface area (Å²) in [5.74, 6) is 0.930. The Kier molecular flexibility index (Phi) is 4.23. The third-order valence-electron chi connectivity index (χ3n) is 2.54. The zero-order valence-electron chi connectivity index (χ0n) is 10.3. The smallest absolute Gasteiger partial charge is 0.282 e. The van der Waals surface area contributed by atoms with E-state index in [2.05, 4.69) is 24.1 Å². The first kappa shape index (κ1) is 13.4. The Morgan fingerprint density at radius 2 is 2.39 bits per heavy atom. The van der Waals surface area contributed by atoms with Crippen molar-refractivity contribution in [1.82, 2.24) is 9.88 Å². The number of nitrogens with zero attached hydrogens (tertiary/aromatic N) is 2. The van der Waals surface area contributed by atoms with Crippen LogP contribution in [-0.4, -0.2) is 39.9 Å². The first-order valence-corrected chi connectivity index (χ1v) is 7.60. The Morgan fingerprint density at radius 1 is 1.61 bits per heavy atom. The normalized spacial score (nSPS) is 15.5. The van der Waals surface area contributed by atoms with Gasteiger partial charge in [-0.3, -0.25) is 9.59 Å². The number of thioether (sulfide) groups is 1. The largest absolute Gasteiger partial charge is 0.323 e. The summed E-state index contributed by atoms with van der Waals surface area (Å²) in [6.07, 6.45) is 0. The number of anilines is 1. The lowest BCUT2D eigenvalue weighted by Gasteiger charge is -2.12. The van der Waals surface area contributed by atoms with Crippen LogP contribution in [0.25, 0.3) is 0 Å². The number of hydrogen-bond donors (Lipinski definition) is 1. The lowest BCUT2D eigenvalue weighted by molar-refractivity contribution is -0.116. The Bertz CT molecular complexity index is 459. The number of carbonyl (C=O) groups is 2. The molecular formula is C11H15N3O2S2. The molecule has 1 saturated heterocycles. The van der Waals surface area contributed by atoms with Gasteiger partial charge in [0.2, 0.25) is 5.91 Å². The van der Waals surface area contributed by atoms with Crippen LogP contribution in [-0.2, 0) is 4.79 Å². The van der Waals surface area contributed by atoms with Crippen molar-refractivity contribution < 1.29 is 9.59 Å². The van der Waals surface area contributed by atoms with Gasteiger partial charge in [-0.1, -0.05) is 25.6 Å². The van der Waals surface area contributed by atoms with E-state index in [9.17, 15) is 9.59 Å². The molecular weight excluding hydrogens is 270 g/mol. The molecule has 98 valence electrons. The summed E-state index contributed by atoms with van der Waals surface area (Å²) in [6, 6.07) is 0. The van der Waals surface area contributed by atoms with Gasteiger partial charge in [0.25, 0.3) is 5.24 Å². The molecule has 1 aliphatic rings. The highest BCUT2D eigenvalue weighted by Gasteiger charge is 2.23. The highest BCUT2D eigenvalue weighted by atomic mass is 32.2. The van der Waals surface area contributed by atoms with Crippen LogP contribution in [0.15, 0.2) is 5.38 Å². The van der Waals surface area contributed by atoms with Crippen molar-refractivity contribution in [1.29, 1.82) is 0 Å². The Hall–Kier alpha value is -1.08. The first-order valence-electron chi connectivity index (χ1n) is 5.73. The Morgan fingerprint density at radius 3 is 2.94 bits per heavy atom. The summed E-state index contributed by atoms with van der Waals surface area (Å²) >= 11 is 2.67. The molecule has 0 saturated carbocycles. The molecule has 1 N–H and O–H groups in total. The summed E-state index contributed by atoms with van der Waals surface area (Å²) in [5, 5.41) is 5.25. The molecule has 0 aromatic carbocycles. The fraction of sp³-hybridized carbons (Fsp3) is 0.545. The van der Waals surface area contributed by atoms with Crippen molar-refractivity contribution >= 4 is 39.4 Å². The molecule has 2 heterocycles. The highest BCUT2D eigenvalue weighted by Crippen LogP contribution is 2.22. The van der Waals surface area contributed by atoms with Gasteiger partial charge in [0.05, 0.1) is 5.69 Å². The van der Waals surface area contributed by atoms with Gasteiger partial charge in [-0.15, -0.1) is 11.3 Å². The zero-order chi connectivity index (χ0) is 13.1. The van der Waals surface area contributed by atoms with Crippen LogP contribution in [0, 0.1) is 0 Å². The van der Waals surface area contributed by atoms with Crippen LogP contribution < -0.4 is 5.32 Å². The number of rotatable bonds is 4. The number of nitrogens with one attached hydrogen (secondary N) is 1. The van der Waals surface area contributed by atoms with Gasteiger partial charge < -0.3 is 10.2 Å². The number of thiazole rings is 1. The van der Waals surface area contributed by atoms with E-state index in [1.807, 2.05) is 5.38 Å². The van der Waals surface area contributed by atoms with Gasteiger partial charge in [-0.25, -0.2) is 4.98 Å². The Balaban J connectivity index is 1.88. The van der Waals surface area contributed by atoms with Crippen LogP contribution >= 0.6 is 23.1 Å². The summed E-state index contributed by atoms with van der Waals surface area (Å²) < 4.78 is 0. The fourth-order valence-corrected chi connectivity index (χ4v) is 3.22. The van der Waals surface area contributed by atoms with E-state index in [4.69, 9.17) is 0 Å². The quantitative estimate of drug-likeness (QED) is 0.922. The van der Waals surface area contributed by atoms with E-state index >= 15 is 0 Å². The maximum Gasteiger partial charge on any atom is 0.282 e. The third kappa shape index (κ3) is 3.23. The highest BCUT2D eigenvalue weighted by molar-refractivity contribution is 8.13. The standard InChI is InChI=1S/C11H15N3O2S2/c1-7(2)8-6-18-10(12-8)13-9(15)5-14-3-4-17-11(14)16/h6-7H,3-5H2,1-2H3,(H,12,13,15). The average Bonchev–Trinajstić information content (AvgIpc) is 2.89. The van der Waals surface area contributed by atoms with Crippen molar-refractivity contribution in [2.24, 2.45) is 0 Å². The average molecular weight is 285 g/mol. The summed E-state index contributed by atoms with van der Waals surface area (Å²) in [7, 11) is 0. The SMILES string of the molecule is CC(C)c1csc(NC(=O)CN2CCSC2=O)n1. The van der Waals surface area contributed by atoms with Crippen LogP contribution in [0.5, 0.6) is 0 Å². The lowest BCUT2D eigenvalue weighted by Crippen LogP contribution is -2.33. The number of hydrogen-bond acceptors (Lipinski definition) is 5. The van der Waals surface area contributed by atoms with Gasteiger partial charge in [0.1, 0.15) is 6.54 Å². The summed E-state index contributed by atoms with van der Waals surface area (Å²) in [5.41, 5.74) is 0.975. The van der Waals surface area contributed by atoms with E-state index in [0.29, 0.717) is 17.6 Å². The topological polar surface area (TPSA) is 62.3 Å². The molecule has 5 nitrogen and oxygen atoms in total. The molecule has 0 aliphatic carbocycles. The predicted octanol–water partition coefficient (Wildman–Crippen LogP) is 2.37. The van der Waals surface area contributed by atoms with Crippen molar-refractivity contribution in [3.63, 3.8) is 0 Å². The summed E-state index contributed by atoms with van der Waals surface area (Å²) in [6.45, 7) is 4.87. The molecule has 0 atom stereocenters. The number of aromatic nitrogens is 1. The molecule has 1 aromatic heterocycles. The molecule has 0 unspecified atom stereocenters. The minimum atomic E-state index is -0.185. The van der Waals surface area contributed by atoms with Crippen LogP contribution in [0.3, 0.4) is 0 Å². The monoisotopic (exact) mass is 285 g/mol.